The first-order chi connectivity index (χ1) is 9.17. The summed E-state index contributed by atoms with van der Waals surface area (Å²) in [5, 5.41) is 0. The lowest BCUT2D eigenvalue weighted by molar-refractivity contribution is -0.0823. The molecule has 4 nitrogen and oxygen atoms in total. The van der Waals surface area contributed by atoms with Gasteiger partial charge < -0.3 is 4.74 Å². The predicted molar refractivity (Wildman–Crippen MR) is 77.1 cm³/mol. The van der Waals surface area contributed by atoms with Crippen molar-refractivity contribution in [1.82, 2.24) is 4.90 Å². The zero-order valence-corrected chi connectivity index (χ0v) is 12.6. The molecular formula is C15H28N2O2. The first-order valence-electron chi connectivity index (χ1n) is 7.60. The van der Waals surface area contributed by atoms with Gasteiger partial charge in [0.05, 0.1) is 18.8 Å². The van der Waals surface area contributed by atoms with Gasteiger partial charge in [0.15, 0.2) is 0 Å². The van der Waals surface area contributed by atoms with Gasteiger partial charge in [-0.05, 0) is 33.1 Å². The standard InChI is InChI=1S/C15H28N2O2/c1-4-5-7-15(8-6-9-16-12-18)17-10-13(2)19-14(3)11-17/h13-15H,4-11H2,1-3H3/t13-,14-,15?/m0/s1. The summed E-state index contributed by atoms with van der Waals surface area (Å²) in [4.78, 5) is 16.3. The molecule has 0 saturated carbocycles. The van der Waals surface area contributed by atoms with Gasteiger partial charge in [-0.1, -0.05) is 19.8 Å². The number of carbonyl (C=O) groups excluding carboxylic acids is 1. The van der Waals surface area contributed by atoms with Gasteiger partial charge in [0.25, 0.3) is 0 Å². The zero-order valence-electron chi connectivity index (χ0n) is 12.6. The van der Waals surface area contributed by atoms with E-state index in [1.54, 1.807) is 6.08 Å². The molecule has 0 spiro atoms. The molecule has 0 aromatic heterocycles. The third-order valence-corrected chi connectivity index (χ3v) is 3.73. The molecule has 0 aliphatic carbocycles. The largest absolute Gasteiger partial charge is 0.373 e. The third kappa shape index (κ3) is 6.33. The lowest BCUT2D eigenvalue weighted by atomic mass is 10.0. The van der Waals surface area contributed by atoms with Gasteiger partial charge in [-0.2, -0.15) is 0 Å². The molecule has 0 N–H and O–H groups in total. The van der Waals surface area contributed by atoms with Crippen molar-refractivity contribution in [3.8, 4) is 0 Å². The number of isocyanates is 1. The second-order valence-corrected chi connectivity index (χ2v) is 5.62. The highest BCUT2D eigenvalue weighted by atomic mass is 16.5. The van der Waals surface area contributed by atoms with Crippen molar-refractivity contribution < 1.29 is 9.53 Å². The van der Waals surface area contributed by atoms with Crippen molar-refractivity contribution in [2.75, 3.05) is 19.6 Å². The van der Waals surface area contributed by atoms with Crippen LogP contribution in [0.15, 0.2) is 4.99 Å². The maximum absolute atomic E-state index is 10.1. The molecule has 0 aromatic rings. The molecule has 0 aromatic carbocycles. The van der Waals surface area contributed by atoms with Crippen molar-refractivity contribution in [3.05, 3.63) is 0 Å². The fourth-order valence-electron chi connectivity index (χ4n) is 2.92. The Morgan fingerprint density at radius 1 is 1.26 bits per heavy atom. The molecule has 19 heavy (non-hydrogen) atoms. The highest BCUT2D eigenvalue weighted by Gasteiger charge is 2.27. The molecular weight excluding hydrogens is 240 g/mol. The van der Waals surface area contributed by atoms with E-state index in [1.165, 1.54) is 19.3 Å². The van der Waals surface area contributed by atoms with E-state index >= 15 is 0 Å². The molecule has 0 bridgehead atoms. The summed E-state index contributed by atoms with van der Waals surface area (Å²) in [6, 6.07) is 0.607. The van der Waals surface area contributed by atoms with Crippen LogP contribution in [-0.4, -0.2) is 48.9 Å². The number of nitrogens with zero attached hydrogens (tertiary/aromatic N) is 2. The second-order valence-electron chi connectivity index (χ2n) is 5.62. The number of unbranched alkanes of at least 4 members (excludes halogenated alkanes) is 1. The van der Waals surface area contributed by atoms with Gasteiger partial charge in [-0.25, -0.2) is 9.79 Å². The topological polar surface area (TPSA) is 41.9 Å². The smallest absolute Gasteiger partial charge is 0.234 e. The van der Waals surface area contributed by atoms with Crippen molar-refractivity contribution >= 4 is 6.08 Å². The van der Waals surface area contributed by atoms with Crippen LogP contribution in [0.1, 0.15) is 52.9 Å². The Morgan fingerprint density at radius 2 is 1.89 bits per heavy atom. The first kappa shape index (κ1) is 16.4. The van der Waals surface area contributed by atoms with Crippen LogP contribution < -0.4 is 0 Å². The van der Waals surface area contributed by atoms with Gasteiger partial charge in [0, 0.05) is 19.1 Å². The number of morpholine rings is 1. The summed E-state index contributed by atoms with van der Waals surface area (Å²) in [5.41, 5.74) is 0. The normalized spacial score (nSPS) is 25.8. The van der Waals surface area contributed by atoms with E-state index in [2.05, 4.69) is 30.7 Å². The molecule has 3 atom stereocenters. The molecule has 1 aliphatic heterocycles. The Bertz CT molecular complexity index is 280. The van der Waals surface area contributed by atoms with Gasteiger partial charge in [0.2, 0.25) is 6.08 Å². The summed E-state index contributed by atoms with van der Waals surface area (Å²) in [7, 11) is 0. The molecule has 110 valence electrons. The van der Waals surface area contributed by atoms with E-state index in [9.17, 15) is 4.79 Å². The number of rotatable bonds is 8. The summed E-state index contributed by atoms with van der Waals surface area (Å²) in [6.07, 6.45) is 8.09. The quantitative estimate of drug-likeness (QED) is 0.386. The highest BCUT2D eigenvalue weighted by Crippen LogP contribution is 2.20. The molecule has 1 rings (SSSR count). The average molecular weight is 268 g/mol. The molecule has 1 unspecified atom stereocenters. The van der Waals surface area contributed by atoms with Crippen molar-refractivity contribution in [2.45, 2.75) is 71.1 Å². The summed E-state index contributed by atoms with van der Waals surface area (Å²) in [5.74, 6) is 0. The Balaban J connectivity index is 2.48. The van der Waals surface area contributed by atoms with E-state index in [-0.39, 0.29) is 0 Å². The van der Waals surface area contributed by atoms with Crippen molar-refractivity contribution in [3.63, 3.8) is 0 Å². The summed E-state index contributed by atoms with van der Waals surface area (Å²) in [6.45, 7) is 9.19. The Hall–Kier alpha value is -0.700. The minimum Gasteiger partial charge on any atom is -0.373 e. The minimum absolute atomic E-state index is 0.320. The van der Waals surface area contributed by atoms with Crippen LogP contribution >= 0.6 is 0 Å². The fraction of sp³-hybridized carbons (Fsp3) is 0.933. The molecule has 4 heteroatoms. The van der Waals surface area contributed by atoms with E-state index < -0.39 is 0 Å². The van der Waals surface area contributed by atoms with Crippen LogP contribution in [0.25, 0.3) is 0 Å². The van der Waals surface area contributed by atoms with Gasteiger partial charge in [-0.15, -0.1) is 0 Å². The molecule has 0 amide bonds. The number of ether oxygens (including phenoxy) is 1. The predicted octanol–water partition coefficient (Wildman–Crippen LogP) is 2.77. The van der Waals surface area contributed by atoms with Crippen molar-refractivity contribution in [2.24, 2.45) is 4.99 Å². The Morgan fingerprint density at radius 3 is 2.47 bits per heavy atom. The van der Waals surface area contributed by atoms with Crippen LogP contribution in [0.4, 0.5) is 0 Å². The SMILES string of the molecule is CCCCC(CCCN=C=O)N1C[C@H](C)O[C@@H](C)C1. The Labute approximate surface area is 117 Å². The van der Waals surface area contributed by atoms with E-state index in [1.807, 2.05) is 0 Å². The summed E-state index contributed by atoms with van der Waals surface area (Å²) < 4.78 is 5.80. The van der Waals surface area contributed by atoms with E-state index in [0.29, 0.717) is 24.8 Å². The first-order valence-corrected chi connectivity index (χ1v) is 7.60. The summed E-state index contributed by atoms with van der Waals surface area (Å²) >= 11 is 0. The minimum atomic E-state index is 0.320. The Kier molecular flexibility index (Phi) is 7.96. The van der Waals surface area contributed by atoms with Crippen LogP contribution in [0, 0.1) is 0 Å². The molecule has 1 fully saturated rings. The lowest BCUT2D eigenvalue weighted by Crippen LogP contribution is -2.50. The van der Waals surface area contributed by atoms with Crippen LogP contribution in [0.5, 0.6) is 0 Å². The fourth-order valence-corrected chi connectivity index (χ4v) is 2.92. The van der Waals surface area contributed by atoms with E-state index in [4.69, 9.17) is 4.74 Å². The van der Waals surface area contributed by atoms with Crippen molar-refractivity contribution in [1.29, 1.82) is 0 Å². The van der Waals surface area contributed by atoms with Gasteiger partial charge in [-0.3, -0.25) is 4.90 Å². The van der Waals surface area contributed by atoms with Gasteiger partial charge >= 0.3 is 0 Å². The van der Waals surface area contributed by atoms with Crippen LogP contribution in [0.3, 0.4) is 0 Å². The highest BCUT2D eigenvalue weighted by molar-refractivity contribution is 5.32. The van der Waals surface area contributed by atoms with Crippen LogP contribution in [-0.2, 0) is 9.53 Å². The lowest BCUT2D eigenvalue weighted by Gasteiger charge is -2.40. The maximum Gasteiger partial charge on any atom is 0.234 e. The van der Waals surface area contributed by atoms with Gasteiger partial charge in [0.1, 0.15) is 0 Å². The zero-order chi connectivity index (χ0) is 14.1. The average Bonchev–Trinajstić information content (AvgIpc) is 2.36. The van der Waals surface area contributed by atoms with Crippen LogP contribution in [0.2, 0.25) is 0 Å². The third-order valence-electron chi connectivity index (χ3n) is 3.73. The maximum atomic E-state index is 10.1. The molecule has 1 saturated heterocycles. The molecule has 0 radical (unpaired) electrons. The monoisotopic (exact) mass is 268 g/mol. The number of hydrogen-bond donors (Lipinski definition) is 0. The number of hydrogen-bond acceptors (Lipinski definition) is 4. The second kappa shape index (κ2) is 9.24. The molecule has 1 heterocycles. The van der Waals surface area contributed by atoms with E-state index in [0.717, 1.165) is 25.9 Å². The number of aliphatic imine (C=N–C) groups is 1. The molecule has 1 aliphatic rings.